The van der Waals surface area contributed by atoms with Gasteiger partial charge in [-0.3, -0.25) is 0 Å². The lowest BCUT2D eigenvalue weighted by Crippen LogP contribution is -2.49. The Morgan fingerprint density at radius 2 is 1.84 bits per heavy atom. The molecule has 1 N–H and O–H groups in total. The van der Waals surface area contributed by atoms with E-state index in [2.05, 4.69) is 51.8 Å². The Labute approximate surface area is 121 Å². The minimum atomic E-state index is 0.727. The molecule has 1 aliphatic carbocycles. The molecule has 0 aromatic heterocycles. The molecule has 1 rings (SSSR count). The summed E-state index contributed by atoms with van der Waals surface area (Å²) < 4.78 is 0. The molecule has 114 valence electrons. The molecule has 1 aliphatic rings. The monoisotopic (exact) mass is 268 g/mol. The fraction of sp³-hybridized carbons (Fsp3) is 1.00. The topological polar surface area (TPSA) is 15.3 Å². The van der Waals surface area contributed by atoms with Crippen LogP contribution in [0.1, 0.15) is 54.4 Å². The smallest absolute Gasteiger partial charge is 0.0112 e. The molecule has 0 aromatic carbocycles. The minimum absolute atomic E-state index is 0.727. The van der Waals surface area contributed by atoms with E-state index in [9.17, 15) is 0 Å². The first kappa shape index (κ1) is 17.0. The second kappa shape index (κ2) is 8.26. The van der Waals surface area contributed by atoms with Crippen molar-refractivity contribution in [2.75, 3.05) is 26.2 Å². The van der Waals surface area contributed by atoms with Crippen molar-refractivity contribution >= 4 is 0 Å². The molecule has 0 aliphatic heterocycles. The van der Waals surface area contributed by atoms with Crippen LogP contribution in [0, 0.1) is 23.7 Å². The maximum Gasteiger partial charge on any atom is 0.0112 e. The standard InChI is InChI=1S/C17H36N2/c1-7-18-17-10-14(5)9-15(6)16(17)12-19(8-2)11-13(3)4/h13-18H,7-12H2,1-6H3. The van der Waals surface area contributed by atoms with E-state index < -0.39 is 0 Å². The Morgan fingerprint density at radius 1 is 1.16 bits per heavy atom. The van der Waals surface area contributed by atoms with Crippen LogP contribution in [-0.4, -0.2) is 37.1 Å². The van der Waals surface area contributed by atoms with Crippen LogP contribution in [0.2, 0.25) is 0 Å². The number of nitrogens with one attached hydrogen (secondary N) is 1. The molecule has 4 atom stereocenters. The van der Waals surface area contributed by atoms with Gasteiger partial charge in [-0.25, -0.2) is 0 Å². The largest absolute Gasteiger partial charge is 0.314 e. The quantitative estimate of drug-likeness (QED) is 0.758. The third kappa shape index (κ3) is 5.43. The number of rotatable bonds is 7. The average Bonchev–Trinajstić information content (AvgIpc) is 2.31. The molecular formula is C17H36N2. The zero-order valence-corrected chi connectivity index (χ0v) is 14.1. The first-order valence-corrected chi connectivity index (χ1v) is 8.43. The molecule has 1 fully saturated rings. The van der Waals surface area contributed by atoms with Crippen LogP contribution in [0.3, 0.4) is 0 Å². The van der Waals surface area contributed by atoms with E-state index in [1.807, 2.05) is 0 Å². The van der Waals surface area contributed by atoms with Gasteiger partial charge in [0.25, 0.3) is 0 Å². The van der Waals surface area contributed by atoms with Crippen molar-refractivity contribution in [3.8, 4) is 0 Å². The molecule has 4 unspecified atom stereocenters. The highest BCUT2D eigenvalue weighted by Crippen LogP contribution is 2.34. The van der Waals surface area contributed by atoms with Crippen molar-refractivity contribution in [3.63, 3.8) is 0 Å². The molecular weight excluding hydrogens is 232 g/mol. The van der Waals surface area contributed by atoms with Gasteiger partial charge in [0.15, 0.2) is 0 Å². The maximum absolute atomic E-state index is 3.75. The highest BCUT2D eigenvalue weighted by Gasteiger charge is 2.34. The molecule has 0 spiro atoms. The number of nitrogens with zero attached hydrogens (tertiary/aromatic N) is 1. The molecule has 2 nitrogen and oxygen atoms in total. The second-order valence-corrected chi connectivity index (χ2v) is 7.13. The van der Waals surface area contributed by atoms with E-state index in [0.717, 1.165) is 36.3 Å². The number of hydrogen-bond acceptors (Lipinski definition) is 2. The fourth-order valence-corrected chi connectivity index (χ4v) is 3.86. The SMILES string of the molecule is CCNC1CC(C)CC(C)C1CN(CC)CC(C)C. The second-order valence-electron chi connectivity index (χ2n) is 7.13. The Balaban J connectivity index is 2.64. The van der Waals surface area contributed by atoms with Gasteiger partial charge in [-0.1, -0.05) is 41.5 Å². The molecule has 0 bridgehead atoms. The summed E-state index contributed by atoms with van der Waals surface area (Å²) in [6.07, 6.45) is 2.77. The molecule has 0 saturated heterocycles. The van der Waals surface area contributed by atoms with Gasteiger partial charge in [-0.05, 0) is 49.6 Å². The van der Waals surface area contributed by atoms with E-state index >= 15 is 0 Å². The molecule has 0 radical (unpaired) electrons. The van der Waals surface area contributed by atoms with E-state index in [-0.39, 0.29) is 0 Å². The number of hydrogen-bond donors (Lipinski definition) is 1. The molecule has 0 aromatic rings. The van der Waals surface area contributed by atoms with Gasteiger partial charge >= 0.3 is 0 Å². The molecule has 0 heterocycles. The predicted molar refractivity (Wildman–Crippen MR) is 85.5 cm³/mol. The summed E-state index contributed by atoms with van der Waals surface area (Å²) >= 11 is 0. The normalized spacial score (nSPS) is 32.2. The van der Waals surface area contributed by atoms with Crippen LogP contribution in [0.25, 0.3) is 0 Å². The summed E-state index contributed by atoms with van der Waals surface area (Å²) in [5.74, 6) is 3.34. The van der Waals surface area contributed by atoms with Crippen LogP contribution in [0.4, 0.5) is 0 Å². The van der Waals surface area contributed by atoms with Crippen molar-refractivity contribution < 1.29 is 0 Å². The van der Waals surface area contributed by atoms with Crippen LogP contribution in [-0.2, 0) is 0 Å². The Morgan fingerprint density at radius 3 is 2.37 bits per heavy atom. The van der Waals surface area contributed by atoms with Crippen molar-refractivity contribution in [1.82, 2.24) is 10.2 Å². The highest BCUT2D eigenvalue weighted by atomic mass is 15.1. The highest BCUT2D eigenvalue weighted by molar-refractivity contribution is 4.89. The van der Waals surface area contributed by atoms with E-state index in [0.29, 0.717) is 0 Å². The van der Waals surface area contributed by atoms with Gasteiger partial charge in [-0.15, -0.1) is 0 Å². The van der Waals surface area contributed by atoms with Gasteiger partial charge in [0.2, 0.25) is 0 Å². The summed E-state index contributed by atoms with van der Waals surface area (Å²) in [7, 11) is 0. The van der Waals surface area contributed by atoms with Crippen molar-refractivity contribution in [2.24, 2.45) is 23.7 Å². The third-order valence-corrected chi connectivity index (χ3v) is 4.68. The molecule has 1 saturated carbocycles. The molecule has 2 heteroatoms. The van der Waals surface area contributed by atoms with Crippen molar-refractivity contribution in [2.45, 2.75) is 60.4 Å². The third-order valence-electron chi connectivity index (χ3n) is 4.68. The van der Waals surface area contributed by atoms with E-state index in [1.165, 1.54) is 32.5 Å². The first-order chi connectivity index (χ1) is 8.97. The van der Waals surface area contributed by atoms with Gasteiger partial charge in [0.1, 0.15) is 0 Å². The van der Waals surface area contributed by atoms with Crippen LogP contribution in [0.5, 0.6) is 0 Å². The summed E-state index contributed by atoms with van der Waals surface area (Å²) in [5, 5.41) is 3.75. The van der Waals surface area contributed by atoms with Crippen LogP contribution < -0.4 is 5.32 Å². The van der Waals surface area contributed by atoms with Crippen LogP contribution in [0.15, 0.2) is 0 Å². The minimum Gasteiger partial charge on any atom is -0.314 e. The fourth-order valence-electron chi connectivity index (χ4n) is 3.86. The summed E-state index contributed by atoms with van der Waals surface area (Å²) in [6, 6.07) is 0.727. The van der Waals surface area contributed by atoms with E-state index in [4.69, 9.17) is 0 Å². The van der Waals surface area contributed by atoms with E-state index in [1.54, 1.807) is 0 Å². The zero-order valence-electron chi connectivity index (χ0n) is 14.1. The Bertz CT molecular complexity index is 239. The molecule has 19 heavy (non-hydrogen) atoms. The van der Waals surface area contributed by atoms with Crippen molar-refractivity contribution in [1.29, 1.82) is 0 Å². The summed E-state index contributed by atoms with van der Waals surface area (Å²) in [6.45, 7) is 18.9. The van der Waals surface area contributed by atoms with Crippen molar-refractivity contribution in [3.05, 3.63) is 0 Å². The predicted octanol–water partition coefficient (Wildman–Crippen LogP) is 3.62. The lowest BCUT2D eigenvalue weighted by molar-refractivity contribution is 0.0986. The van der Waals surface area contributed by atoms with Gasteiger partial charge in [0.05, 0.1) is 0 Å². The lowest BCUT2D eigenvalue weighted by atomic mass is 9.72. The first-order valence-electron chi connectivity index (χ1n) is 8.43. The van der Waals surface area contributed by atoms with Crippen LogP contribution >= 0.6 is 0 Å². The Hall–Kier alpha value is -0.0800. The molecule has 0 amide bonds. The Kier molecular flexibility index (Phi) is 7.38. The summed E-state index contributed by atoms with van der Waals surface area (Å²) in [5.41, 5.74) is 0. The van der Waals surface area contributed by atoms with Gasteiger partial charge < -0.3 is 10.2 Å². The average molecular weight is 268 g/mol. The lowest BCUT2D eigenvalue weighted by Gasteiger charge is -2.42. The zero-order chi connectivity index (χ0) is 14.4. The summed E-state index contributed by atoms with van der Waals surface area (Å²) in [4.78, 5) is 2.66. The van der Waals surface area contributed by atoms with Gasteiger partial charge in [-0.2, -0.15) is 0 Å². The maximum atomic E-state index is 3.75. The van der Waals surface area contributed by atoms with Gasteiger partial charge in [0, 0.05) is 19.1 Å².